The second kappa shape index (κ2) is 7.97. The van der Waals surface area contributed by atoms with E-state index in [2.05, 4.69) is 21.8 Å². The number of benzene rings is 1. The van der Waals surface area contributed by atoms with Gasteiger partial charge in [0.25, 0.3) is 5.69 Å². The summed E-state index contributed by atoms with van der Waals surface area (Å²) in [5.74, 6) is 2.71. The lowest BCUT2D eigenvalue weighted by Gasteiger charge is -2.13. The largest absolute Gasteiger partial charge is 0.459 e. The number of hydrogen-bond acceptors (Lipinski definition) is 5. The maximum atomic E-state index is 11.1. The number of aromatic nitrogens is 2. The van der Waals surface area contributed by atoms with Gasteiger partial charge in [-0.05, 0) is 37.6 Å². The van der Waals surface area contributed by atoms with E-state index in [0.29, 0.717) is 23.8 Å². The molecule has 1 aromatic carbocycles. The van der Waals surface area contributed by atoms with Crippen molar-refractivity contribution >= 4 is 5.69 Å². The highest BCUT2D eigenvalue weighted by atomic mass is 16.6. The van der Waals surface area contributed by atoms with Gasteiger partial charge >= 0.3 is 0 Å². The van der Waals surface area contributed by atoms with Crippen LogP contribution in [0.2, 0.25) is 0 Å². The molecule has 0 aliphatic rings. The van der Waals surface area contributed by atoms with Gasteiger partial charge in [0.05, 0.1) is 17.0 Å². The average Bonchev–Trinajstić information content (AvgIpc) is 3.24. The predicted octanol–water partition coefficient (Wildman–Crippen LogP) is 3.79. The van der Waals surface area contributed by atoms with Crippen molar-refractivity contribution < 1.29 is 9.34 Å². The molecule has 1 unspecified atom stereocenters. The second-order valence-electron chi connectivity index (χ2n) is 6.40. The molecule has 7 heteroatoms. The molecule has 0 spiro atoms. The molecule has 0 fully saturated rings. The quantitative estimate of drug-likeness (QED) is 0.491. The fourth-order valence-corrected chi connectivity index (χ4v) is 2.90. The van der Waals surface area contributed by atoms with E-state index >= 15 is 0 Å². The molecule has 0 saturated carbocycles. The minimum absolute atomic E-state index is 0.0469. The van der Waals surface area contributed by atoms with Crippen LogP contribution < -0.4 is 5.32 Å². The van der Waals surface area contributed by atoms with Crippen LogP contribution in [0.4, 0.5) is 5.69 Å². The average molecular weight is 354 g/mol. The highest BCUT2D eigenvalue weighted by Gasteiger charge is 2.17. The fourth-order valence-electron chi connectivity index (χ4n) is 2.90. The molecule has 0 saturated heterocycles. The number of furan rings is 1. The van der Waals surface area contributed by atoms with E-state index in [1.54, 1.807) is 24.3 Å². The number of nitrogens with zero attached hydrogens (tertiary/aromatic N) is 3. The molecule has 26 heavy (non-hydrogen) atoms. The van der Waals surface area contributed by atoms with Gasteiger partial charge in [-0.1, -0.05) is 19.1 Å². The van der Waals surface area contributed by atoms with Crippen LogP contribution >= 0.6 is 0 Å². The predicted molar refractivity (Wildman–Crippen MR) is 98.6 cm³/mol. The molecular formula is C19H22N4O3. The smallest absolute Gasteiger partial charge is 0.280 e. The Hall–Kier alpha value is -2.93. The maximum Gasteiger partial charge on any atom is 0.280 e. The lowest BCUT2D eigenvalue weighted by molar-refractivity contribution is -0.384. The van der Waals surface area contributed by atoms with Crippen LogP contribution in [0.3, 0.4) is 0 Å². The summed E-state index contributed by atoms with van der Waals surface area (Å²) in [5.41, 5.74) is 0.540. The van der Waals surface area contributed by atoms with E-state index in [1.165, 1.54) is 6.07 Å². The molecule has 7 nitrogen and oxygen atoms in total. The summed E-state index contributed by atoms with van der Waals surface area (Å²) in [6.45, 7) is 6.48. The van der Waals surface area contributed by atoms with E-state index < -0.39 is 4.92 Å². The van der Waals surface area contributed by atoms with Crippen molar-refractivity contribution in [2.45, 2.75) is 26.9 Å². The lowest BCUT2D eigenvalue weighted by atomic mass is 10.1. The van der Waals surface area contributed by atoms with Gasteiger partial charge in [-0.3, -0.25) is 10.1 Å². The van der Waals surface area contributed by atoms with Crippen LogP contribution in [0.1, 0.15) is 18.5 Å². The number of nitro benzene ring substituents is 1. The number of nitrogens with one attached hydrogen (secondary N) is 1. The Kier molecular flexibility index (Phi) is 5.48. The van der Waals surface area contributed by atoms with Crippen molar-refractivity contribution in [3.63, 3.8) is 0 Å². The summed E-state index contributed by atoms with van der Waals surface area (Å²) in [6, 6.07) is 10.2. The Bertz CT molecular complexity index is 884. The Morgan fingerprint density at radius 1 is 1.31 bits per heavy atom. The van der Waals surface area contributed by atoms with Gasteiger partial charge in [0, 0.05) is 25.0 Å². The first-order valence-corrected chi connectivity index (χ1v) is 8.55. The molecule has 0 amide bonds. The molecule has 0 radical (unpaired) electrons. The molecule has 3 aromatic rings. The highest BCUT2D eigenvalue weighted by Crippen LogP contribution is 2.30. The van der Waals surface area contributed by atoms with Gasteiger partial charge in [0.15, 0.2) is 0 Å². The monoisotopic (exact) mass is 354 g/mol. The first-order valence-electron chi connectivity index (χ1n) is 8.55. The van der Waals surface area contributed by atoms with Gasteiger partial charge in [0.2, 0.25) is 0 Å². The van der Waals surface area contributed by atoms with Gasteiger partial charge in [0.1, 0.15) is 17.3 Å². The summed E-state index contributed by atoms with van der Waals surface area (Å²) >= 11 is 0. The van der Waals surface area contributed by atoms with Crippen LogP contribution in [0.25, 0.3) is 11.3 Å². The number of aryl methyl sites for hydroxylation is 1. The molecule has 136 valence electrons. The zero-order valence-electron chi connectivity index (χ0n) is 14.9. The molecule has 3 rings (SSSR count). The highest BCUT2D eigenvalue weighted by molar-refractivity contribution is 5.69. The van der Waals surface area contributed by atoms with Gasteiger partial charge in [-0.15, -0.1) is 0 Å². The number of rotatable bonds is 8. The fraction of sp³-hybridized carbons (Fsp3) is 0.316. The summed E-state index contributed by atoms with van der Waals surface area (Å²) in [6.07, 6.45) is 3.79. The third-order valence-electron chi connectivity index (χ3n) is 4.25. The van der Waals surface area contributed by atoms with E-state index in [-0.39, 0.29) is 5.69 Å². The number of para-hydroxylation sites is 1. The Morgan fingerprint density at radius 3 is 2.85 bits per heavy atom. The standard InChI is InChI=1S/C19H22N4O3/c1-14(13-22-10-9-21-15(22)2)11-20-12-16-7-8-19(26-16)17-5-3-4-6-18(17)23(24)25/h3-10,14,20H,11-13H2,1-2H3. The minimum Gasteiger partial charge on any atom is -0.459 e. The van der Waals surface area contributed by atoms with Gasteiger partial charge in [-0.25, -0.2) is 4.98 Å². The van der Waals surface area contributed by atoms with Crippen molar-refractivity contribution in [2.75, 3.05) is 6.54 Å². The molecular weight excluding hydrogens is 332 g/mol. The molecule has 0 bridgehead atoms. The van der Waals surface area contributed by atoms with Crippen LogP contribution in [0.15, 0.2) is 53.2 Å². The van der Waals surface area contributed by atoms with Crippen LogP contribution in [-0.4, -0.2) is 21.0 Å². The summed E-state index contributed by atoms with van der Waals surface area (Å²) in [7, 11) is 0. The van der Waals surface area contributed by atoms with E-state index in [1.807, 2.05) is 25.4 Å². The second-order valence-corrected chi connectivity index (χ2v) is 6.40. The van der Waals surface area contributed by atoms with Gasteiger partial charge < -0.3 is 14.3 Å². The molecule has 0 aliphatic heterocycles. The third-order valence-corrected chi connectivity index (χ3v) is 4.25. The Balaban J connectivity index is 1.56. The first-order chi connectivity index (χ1) is 12.5. The van der Waals surface area contributed by atoms with Gasteiger partial charge in [-0.2, -0.15) is 0 Å². The zero-order valence-corrected chi connectivity index (χ0v) is 14.9. The van der Waals surface area contributed by atoms with Crippen LogP contribution in [-0.2, 0) is 13.1 Å². The number of nitro groups is 1. The Labute approximate surface area is 151 Å². The topological polar surface area (TPSA) is 86.1 Å². The van der Waals surface area contributed by atoms with Crippen LogP contribution in [0.5, 0.6) is 0 Å². The molecule has 2 heterocycles. The van der Waals surface area contributed by atoms with Crippen molar-refractivity contribution in [1.82, 2.24) is 14.9 Å². The van der Waals surface area contributed by atoms with Crippen molar-refractivity contribution in [3.05, 3.63) is 70.5 Å². The minimum atomic E-state index is -0.393. The maximum absolute atomic E-state index is 11.1. The van der Waals surface area contributed by atoms with Crippen molar-refractivity contribution in [2.24, 2.45) is 5.92 Å². The Morgan fingerprint density at radius 2 is 2.12 bits per heavy atom. The molecule has 1 atom stereocenters. The van der Waals surface area contributed by atoms with Crippen molar-refractivity contribution in [3.8, 4) is 11.3 Å². The number of imidazole rings is 1. The molecule has 2 aromatic heterocycles. The van der Waals surface area contributed by atoms with Crippen LogP contribution in [0, 0.1) is 23.0 Å². The normalized spacial score (nSPS) is 12.2. The van der Waals surface area contributed by atoms with E-state index in [9.17, 15) is 10.1 Å². The van der Waals surface area contributed by atoms with E-state index in [0.717, 1.165) is 24.7 Å². The summed E-state index contributed by atoms with van der Waals surface area (Å²) in [4.78, 5) is 15.0. The molecule has 0 aliphatic carbocycles. The van der Waals surface area contributed by atoms with E-state index in [4.69, 9.17) is 4.42 Å². The molecule has 1 N–H and O–H groups in total. The number of hydrogen-bond donors (Lipinski definition) is 1. The lowest BCUT2D eigenvalue weighted by Crippen LogP contribution is -2.23. The van der Waals surface area contributed by atoms with Crippen molar-refractivity contribution in [1.29, 1.82) is 0 Å². The first kappa shape index (κ1) is 17.9. The third kappa shape index (κ3) is 4.18. The summed E-state index contributed by atoms with van der Waals surface area (Å²) < 4.78 is 7.92. The SMILES string of the molecule is Cc1nccn1CC(C)CNCc1ccc(-c2ccccc2[N+](=O)[O-])o1. The summed E-state index contributed by atoms with van der Waals surface area (Å²) in [5, 5.41) is 14.5. The zero-order chi connectivity index (χ0) is 18.5.